The van der Waals surface area contributed by atoms with Crippen molar-refractivity contribution in [1.82, 2.24) is 0 Å². The van der Waals surface area contributed by atoms with Crippen LogP contribution in [-0.2, 0) is 4.79 Å². The zero-order chi connectivity index (χ0) is 17.0. The lowest BCUT2D eigenvalue weighted by molar-refractivity contribution is -0.384. The minimum Gasteiger partial charge on any atom is -0.481 e. The van der Waals surface area contributed by atoms with Crippen LogP contribution in [0, 0.1) is 17.0 Å². The number of halogens is 1. The molecule has 1 amide bonds. The molecule has 1 atom stereocenters. The SMILES string of the molecule is Cc1cc(Cl)ccc1O[C@@H](C)C(=O)Nc1cccc([N+](=O)[O-])c1. The predicted octanol–water partition coefficient (Wildman–Crippen LogP) is 3.96. The topological polar surface area (TPSA) is 81.5 Å². The molecule has 0 unspecified atom stereocenters. The van der Waals surface area contributed by atoms with Crippen molar-refractivity contribution in [1.29, 1.82) is 0 Å². The number of ether oxygens (including phenoxy) is 1. The molecule has 2 aromatic carbocycles. The molecule has 0 fully saturated rings. The molecule has 0 aromatic heterocycles. The van der Waals surface area contributed by atoms with Crippen LogP contribution in [0.1, 0.15) is 12.5 Å². The summed E-state index contributed by atoms with van der Waals surface area (Å²) in [6.07, 6.45) is -0.769. The van der Waals surface area contributed by atoms with E-state index in [2.05, 4.69) is 5.32 Å². The molecule has 7 heteroatoms. The Labute approximate surface area is 138 Å². The average molecular weight is 335 g/mol. The lowest BCUT2D eigenvalue weighted by Gasteiger charge is -2.16. The molecular weight excluding hydrogens is 320 g/mol. The number of non-ortho nitro benzene ring substituents is 1. The summed E-state index contributed by atoms with van der Waals surface area (Å²) in [4.78, 5) is 22.4. The van der Waals surface area contributed by atoms with Crippen molar-refractivity contribution in [3.05, 3.63) is 63.2 Å². The van der Waals surface area contributed by atoms with Crippen LogP contribution in [-0.4, -0.2) is 16.9 Å². The van der Waals surface area contributed by atoms with Crippen LogP contribution in [0.5, 0.6) is 5.75 Å². The van der Waals surface area contributed by atoms with Crippen molar-refractivity contribution >= 4 is 28.9 Å². The first-order valence-corrected chi connectivity index (χ1v) is 7.23. The van der Waals surface area contributed by atoms with Crippen molar-refractivity contribution in [3.8, 4) is 5.75 Å². The third-order valence-electron chi connectivity index (χ3n) is 3.13. The minimum absolute atomic E-state index is 0.0927. The summed E-state index contributed by atoms with van der Waals surface area (Å²) in [5.41, 5.74) is 1.06. The quantitative estimate of drug-likeness (QED) is 0.662. The van der Waals surface area contributed by atoms with Crippen molar-refractivity contribution in [2.45, 2.75) is 20.0 Å². The Bertz CT molecular complexity index is 749. The second-order valence-electron chi connectivity index (χ2n) is 4.97. The molecule has 120 valence electrons. The fourth-order valence-electron chi connectivity index (χ4n) is 1.93. The second-order valence-corrected chi connectivity index (χ2v) is 5.40. The van der Waals surface area contributed by atoms with E-state index in [-0.39, 0.29) is 5.69 Å². The maximum atomic E-state index is 12.1. The van der Waals surface area contributed by atoms with Gasteiger partial charge in [0.2, 0.25) is 0 Å². The Kier molecular flexibility index (Phi) is 5.18. The van der Waals surface area contributed by atoms with Gasteiger partial charge in [-0.1, -0.05) is 17.7 Å². The van der Waals surface area contributed by atoms with E-state index >= 15 is 0 Å². The van der Waals surface area contributed by atoms with E-state index in [9.17, 15) is 14.9 Å². The maximum Gasteiger partial charge on any atom is 0.271 e. The Morgan fingerprint density at radius 2 is 2.04 bits per heavy atom. The summed E-state index contributed by atoms with van der Waals surface area (Å²) < 4.78 is 5.61. The molecule has 0 aliphatic carbocycles. The first-order valence-electron chi connectivity index (χ1n) is 6.85. The van der Waals surface area contributed by atoms with Gasteiger partial charge in [-0.25, -0.2) is 0 Å². The van der Waals surface area contributed by atoms with Crippen molar-refractivity contribution < 1.29 is 14.5 Å². The second kappa shape index (κ2) is 7.11. The molecule has 0 bridgehead atoms. The Morgan fingerprint density at radius 3 is 2.70 bits per heavy atom. The highest BCUT2D eigenvalue weighted by molar-refractivity contribution is 6.30. The highest BCUT2D eigenvalue weighted by atomic mass is 35.5. The van der Waals surface area contributed by atoms with Gasteiger partial charge in [0.15, 0.2) is 6.10 Å². The van der Waals surface area contributed by atoms with Gasteiger partial charge < -0.3 is 10.1 Å². The number of rotatable bonds is 5. The first kappa shape index (κ1) is 16.8. The fourth-order valence-corrected chi connectivity index (χ4v) is 2.16. The van der Waals surface area contributed by atoms with Crippen LogP contribution in [0.25, 0.3) is 0 Å². The van der Waals surface area contributed by atoms with Crippen LogP contribution in [0.15, 0.2) is 42.5 Å². The summed E-state index contributed by atoms with van der Waals surface area (Å²) in [5.74, 6) is 0.149. The van der Waals surface area contributed by atoms with Crippen LogP contribution in [0.2, 0.25) is 5.02 Å². The number of nitrogens with one attached hydrogen (secondary N) is 1. The van der Waals surface area contributed by atoms with Gasteiger partial charge in [-0.05, 0) is 43.7 Å². The first-order chi connectivity index (χ1) is 10.9. The molecule has 0 aliphatic heterocycles. The van der Waals surface area contributed by atoms with Crippen LogP contribution < -0.4 is 10.1 Å². The van der Waals surface area contributed by atoms with E-state index in [1.165, 1.54) is 18.2 Å². The van der Waals surface area contributed by atoms with E-state index in [1.807, 2.05) is 6.92 Å². The average Bonchev–Trinajstić information content (AvgIpc) is 2.50. The van der Waals surface area contributed by atoms with Crippen molar-refractivity contribution in [3.63, 3.8) is 0 Å². The van der Waals surface area contributed by atoms with Gasteiger partial charge in [0.1, 0.15) is 5.75 Å². The zero-order valence-electron chi connectivity index (χ0n) is 12.6. The number of aryl methyl sites for hydroxylation is 1. The third kappa shape index (κ3) is 4.43. The van der Waals surface area contributed by atoms with Crippen LogP contribution >= 0.6 is 11.6 Å². The smallest absolute Gasteiger partial charge is 0.271 e. The largest absolute Gasteiger partial charge is 0.481 e. The fraction of sp³-hybridized carbons (Fsp3) is 0.188. The lowest BCUT2D eigenvalue weighted by atomic mass is 10.2. The molecule has 2 rings (SSSR count). The number of nitrogens with zero attached hydrogens (tertiary/aromatic N) is 1. The summed E-state index contributed by atoms with van der Waals surface area (Å²) >= 11 is 5.87. The lowest BCUT2D eigenvalue weighted by Crippen LogP contribution is -2.30. The molecule has 0 spiro atoms. The molecule has 0 heterocycles. The molecule has 2 aromatic rings. The Hall–Kier alpha value is -2.60. The Balaban J connectivity index is 2.05. The predicted molar refractivity (Wildman–Crippen MR) is 88.0 cm³/mol. The number of hydrogen-bond acceptors (Lipinski definition) is 4. The highest BCUT2D eigenvalue weighted by Gasteiger charge is 2.17. The zero-order valence-corrected chi connectivity index (χ0v) is 13.3. The molecule has 0 radical (unpaired) electrons. The monoisotopic (exact) mass is 334 g/mol. The van der Waals surface area contributed by atoms with Gasteiger partial charge >= 0.3 is 0 Å². The van der Waals surface area contributed by atoms with E-state index in [1.54, 1.807) is 31.2 Å². The molecular formula is C16H15ClN2O4. The molecule has 0 saturated carbocycles. The number of nitro groups is 1. The third-order valence-corrected chi connectivity index (χ3v) is 3.37. The number of hydrogen-bond donors (Lipinski definition) is 1. The Morgan fingerprint density at radius 1 is 1.30 bits per heavy atom. The van der Waals surface area contributed by atoms with E-state index in [0.717, 1.165) is 5.56 Å². The van der Waals surface area contributed by atoms with E-state index in [0.29, 0.717) is 16.5 Å². The number of benzene rings is 2. The van der Waals surface area contributed by atoms with Crippen LogP contribution in [0.4, 0.5) is 11.4 Å². The summed E-state index contributed by atoms with van der Waals surface area (Å²) in [6, 6.07) is 10.8. The number of nitro benzene ring substituents is 1. The van der Waals surface area contributed by atoms with E-state index < -0.39 is 16.9 Å². The van der Waals surface area contributed by atoms with Gasteiger partial charge in [0, 0.05) is 22.8 Å². The van der Waals surface area contributed by atoms with Gasteiger partial charge in [-0.2, -0.15) is 0 Å². The van der Waals surface area contributed by atoms with Gasteiger partial charge in [0.25, 0.3) is 11.6 Å². The molecule has 0 saturated heterocycles. The van der Waals surface area contributed by atoms with Gasteiger partial charge in [0.05, 0.1) is 4.92 Å². The highest BCUT2D eigenvalue weighted by Crippen LogP contribution is 2.23. The number of amides is 1. The summed E-state index contributed by atoms with van der Waals surface area (Å²) in [5, 5.41) is 13.9. The molecule has 1 N–H and O–H groups in total. The standard InChI is InChI=1S/C16H15ClN2O4/c1-10-8-12(17)6-7-15(10)23-11(2)16(20)18-13-4-3-5-14(9-13)19(21)22/h3-9,11H,1-2H3,(H,18,20)/t11-/m0/s1. The normalized spacial score (nSPS) is 11.6. The summed E-state index contributed by atoms with van der Waals surface area (Å²) in [6.45, 7) is 3.42. The van der Waals surface area contributed by atoms with Crippen molar-refractivity contribution in [2.24, 2.45) is 0 Å². The molecule has 23 heavy (non-hydrogen) atoms. The van der Waals surface area contributed by atoms with Crippen LogP contribution in [0.3, 0.4) is 0 Å². The van der Waals surface area contributed by atoms with Gasteiger partial charge in [-0.15, -0.1) is 0 Å². The number of carbonyl (C=O) groups excluding carboxylic acids is 1. The van der Waals surface area contributed by atoms with Crippen molar-refractivity contribution in [2.75, 3.05) is 5.32 Å². The maximum absolute atomic E-state index is 12.1. The molecule has 6 nitrogen and oxygen atoms in total. The molecule has 0 aliphatic rings. The van der Waals surface area contributed by atoms with Gasteiger partial charge in [-0.3, -0.25) is 14.9 Å². The number of carbonyl (C=O) groups is 1. The summed E-state index contributed by atoms with van der Waals surface area (Å²) in [7, 11) is 0. The van der Waals surface area contributed by atoms with E-state index in [4.69, 9.17) is 16.3 Å². The number of anilines is 1. The minimum atomic E-state index is -0.769.